The van der Waals surface area contributed by atoms with E-state index in [1.165, 1.54) is 5.56 Å². The summed E-state index contributed by atoms with van der Waals surface area (Å²) in [5, 5.41) is 2.90. The van der Waals surface area contributed by atoms with Crippen LogP contribution in [0.25, 0.3) is 0 Å². The molecule has 4 nitrogen and oxygen atoms in total. The van der Waals surface area contributed by atoms with Crippen molar-refractivity contribution >= 4 is 11.8 Å². The van der Waals surface area contributed by atoms with E-state index in [1.54, 1.807) is 4.90 Å². The molecule has 126 valence electrons. The summed E-state index contributed by atoms with van der Waals surface area (Å²) in [6, 6.07) is 8.09. The van der Waals surface area contributed by atoms with Gasteiger partial charge < -0.3 is 10.2 Å². The molecule has 0 radical (unpaired) electrons. The Morgan fingerprint density at radius 2 is 1.70 bits per heavy atom. The number of rotatable bonds is 2. The number of carbonyl (C=O) groups excluding carboxylic acids is 2. The highest BCUT2D eigenvalue weighted by Crippen LogP contribution is 2.27. The number of nitrogens with one attached hydrogen (secondary N) is 1. The van der Waals surface area contributed by atoms with Gasteiger partial charge in [-0.3, -0.25) is 9.59 Å². The second-order valence-electron chi connectivity index (χ2n) is 8.32. The highest BCUT2D eigenvalue weighted by Gasteiger charge is 2.32. The largest absolute Gasteiger partial charge is 0.343 e. The molecule has 1 aliphatic heterocycles. The summed E-state index contributed by atoms with van der Waals surface area (Å²) in [4.78, 5) is 26.5. The lowest BCUT2D eigenvalue weighted by molar-refractivity contribution is -0.147. The Morgan fingerprint density at radius 3 is 2.30 bits per heavy atom. The maximum Gasteiger partial charge on any atom is 0.312 e. The van der Waals surface area contributed by atoms with E-state index in [4.69, 9.17) is 0 Å². The van der Waals surface area contributed by atoms with E-state index in [0.29, 0.717) is 13.1 Å². The molecule has 23 heavy (non-hydrogen) atoms. The SMILES string of the molecule is CC(C)(C)CC(C)(C)NC(=O)C(=O)N1CCc2ccccc2C1. The van der Waals surface area contributed by atoms with Crippen molar-refractivity contribution in [3.05, 3.63) is 35.4 Å². The lowest BCUT2D eigenvalue weighted by Gasteiger charge is -2.34. The molecule has 0 aromatic heterocycles. The molecule has 0 saturated carbocycles. The van der Waals surface area contributed by atoms with E-state index in [0.717, 1.165) is 18.4 Å². The molecular formula is C19H28N2O2. The lowest BCUT2D eigenvalue weighted by atomic mass is 9.82. The summed E-state index contributed by atoms with van der Waals surface area (Å²) in [6.45, 7) is 11.4. The highest BCUT2D eigenvalue weighted by molar-refractivity contribution is 6.35. The van der Waals surface area contributed by atoms with E-state index in [-0.39, 0.29) is 5.41 Å². The minimum atomic E-state index is -0.501. The van der Waals surface area contributed by atoms with Crippen molar-refractivity contribution in [1.29, 1.82) is 0 Å². The van der Waals surface area contributed by atoms with Crippen LogP contribution in [0, 0.1) is 5.41 Å². The zero-order valence-electron chi connectivity index (χ0n) is 14.9. The average molecular weight is 316 g/mol. The van der Waals surface area contributed by atoms with Gasteiger partial charge >= 0.3 is 11.8 Å². The topological polar surface area (TPSA) is 49.4 Å². The van der Waals surface area contributed by atoms with E-state index >= 15 is 0 Å². The fourth-order valence-corrected chi connectivity index (χ4v) is 3.54. The third kappa shape index (κ3) is 4.81. The summed E-state index contributed by atoms with van der Waals surface area (Å²) in [7, 11) is 0. The van der Waals surface area contributed by atoms with Crippen molar-refractivity contribution in [2.24, 2.45) is 5.41 Å². The molecule has 4 heteroatoms. The van der Waals surface area contributed by atoms with Gasteiger partial charge in [-0.2, -0.15) is 0 Å². The molecule has 0 aliphatic carbocycles. The molecule has 2 amide bonds. The Kier molecular flexibility index (Phi) is 4.83. The first-order chi connectivity index (χ1) is 10.6. The molecule has 0 spiro atoms. The van der Waals surface area contributed by atoms with Gasteiger partial charge in [-0.15, -0.1) is 0 Å². The van der Waals surface area contributed by atoms with Crippen LogP contribution in [-0.4, -0.2) is 28.8 Å². The van der Waals surface area contributed by atoms with Gasteiger partial charge in [-0.25, -0.2) is 0 Å². The molecule has 1 heterocycles. The maximum absolute atomic E-state index is 12.5. The van der Waals surface area contributed by atoms with Crippen molar-refractivity contribution < 1.29 is 9.59 Å². The molecule has 1 aliphatic rings. The number of benzene rings is 1. The Balaban J connectivity index is 2.00. The maximum atomic E-state index is 12.5. The van der Waals surface area contributed by atoms with Crippen LogP contribution in [0.5, 0.6) is 0 Å². The van der Waals surface area contributed by atoms with Gasteiger partial charge in [0.2, 0.25) is 0 Å². The average Bonchev–Trinajstić information content (AvgIpc) is 2.42. The number of fused-ring (bicyclic) bond motifs is 1. The number of carbonyl (C=O) groups is 2. The van der Waals surface area contributed by atoms with Crippen LogP contribution in [0.1, 0.15) is 52.2 Å². The van der Waals surface area contributed by atoms with Gasteiger partial charge in [0.15, 0.2) is 0 Å². The fraction of sp³-hybridized carbons (Fsp3) is 0.579. The molecule has 2 rings (SSSR count). The first-order valence-corrected chi connectivity index (χ1v) is 8.26. The van der Waals surface area contributed by atoms with Crippen molar-refractivity contribution in [3.8, 4) is 0 Å². The Morgan fingerprint density at radius 1 is 1.09 bits per heavy atom. The van der Waals surface area contributed by atoms with Crippen LogP contribution in [-0.2, 0) is 22.6 Å². The van der Waals surface area contributed by atoms with Crippen LogP contribution in [0.4, 0.5) is 0 Å². The van der Waals surface area contributed by atoms with Gasteiger partial charge in [0.25, 0.3) is 0 Å². The van der Waals surface area contributed by atoms with Crippen LogP contribution in [0.15, 0.2) is 24.3 Å². The van der Waals surface area contributed by atoms with Gasteiger partial charge in [-0.1, -0.05) is 45.0 Å². The zero-order chi connectivity index (χ0) is 17.3. The number of hydrogen-bond acceptors (Lipinski definition) is 2. The predicted molar refractivity (Wildman–Crippen MR) is 91.9 cm³/mol. The number of nitrogens with zero attached hydrogens (tertiary/aromatic N) is 1. The monoisotopic (exact) mass is 316 g/mol. The first kappa shape index (κ1) is 17.5. The fourth-order valence-electron chi connectivity index (χ4n) is 3.54. The molecule has 1 N–H and O–H groups in total. The van der Waals surface area contributed by atoms with Gasteiger partial charge in [-0.05, 0) is 43.2 Å². The Labute approximate surface area is 139 Å². The second kappa shape index (κ2) is 6.34. The standard InChI is InChI=1S/C19H28N2O2/c1-18(2,3)13-19(4,5)20-16(22)17(23)21-11-10-14-8-6-7-9-15(14)12-21/h6-9H,10-13H2,1-5H3,(H,20,22). The van der Waals surface area contributed by atoms with E-state index < -0.39 is 17.4 Å². The minimum Gasteiger partial charge on any atom is -0.343 e. The Hall–Kier alpha value is -1.84. The Bertz CT molecular complexity index is 600. The zero-order valence-corrected chi connectivity index (χ0v) is 14.9. The molecule has 1 aromatic carbocycles. The molecule has 0 bridgehead atoms. The number of amides is 2. The van der Waals surface area contributed by atoms with Gasteiger partial charge in [0.1, 0.15) is 0 Å². The summed E-state index contributed by atoms with van der Waals surface area (Å²) < 4.78 is 0. The van der Waals surface area contributed by atoms with Gasteiger partial charge in [0.05, 0.1) is 0 Å². The van der Waals surface area contributed by atoms with Crippen molar-refractivity contribution in [2.75, 3.05) is 6.54 Å². The third-order valence-corrected chi connectivity index (χ3v) is 4.04. The highest BCUT2D eigenvalue weighted by atomic mass is 16.2. The van der Waals surface area contributed by atoms with Gasteiger partial charge in [0, 0.05) is 18.6 Å². The minimum absolute atomic E-state index is 0.0872. The van der Waals surface area contributed by atoms with E-state index in [9.17, 15) is 9.59 Å². The summed E-state index contributed by atoms with van der Waals surface area (Å²) in [5.41, 5.74) is 2.08. The quantitative estimate of drug-likeness (QED) is 0.853. The van der Waals surface area contributed by atoms with E-state index in [1.807, 2.05) is 32.0 Å². The van der Waals surface area contributed by atoms with Crippen LogP contribution in [0.2, 0.25) is 0 Å². The summed E-state index contributed by atoms with van der Waals surface area (Å²) >= 11 is 0. The predicted octanol–water partition coefficient (Wildman–Crippen LogP) is 2.90. The van der Waals surface area contributed by atoms with Crippen molar-refractivity contribution in [2.45, 2.75) is 59.5 Å². The molecule has 0 fully saturated rings. The smallest absolute Gasteiger partial charge is 0.312 e. The van der Waals surface area contributed by atoms with Crippen molar-refractivity contribution in [1.82, 2.24) is 10.2 Å². The van der Waals surface area contributed by atoms with E-state index in [2.05, 4.69) is 32.2 Å². The molecule has 0 unspecified atom stereocenters. The van der Waals surface area contributed by atoms with Crippen LogP contribution >= 0.6 is 0 Å². The molecule has 0 saturated heterocycles. The van der Waals surface area contributed by atoms with Crippen LogP contribution in [0.3, 0.4) is 0 Å². The normalized spacial score (nSPS) is 15.1. The lowest BCUT2D eigenvalue weighted by Crippen LogP contribution is -2.52. The summed E-state index contributed by atoms with van der Waals surface area (Å²) in [5.74, 6) is -0.930. The van der Waals surface area contributed by atoms with Crippen LogP contribution < -0.4 is 5.32 Å². The first-order valence-electron chi connectivity index (χ1n) is 8.26. The molecule has 1 aromatic rings. The second-order valence-corrected chi connectivity index (χ2v) is 8.32. The third-order valence-electron chi connectivity index (χ3n) is 4.04. The summed E-state index contributed by atoms with van der Waals surface area (Å²) in [6.07, 6.45) is 1.61. The molecular weight excluding hydrogens is 288 g/mol. The van der Waals surface area contributed by atoms with Crippen molar-refractivity contribution in [3.63, 3.8) is 0 Å². The molecule has 0 atom stereocenters. The number of hydrogen-bond donors (Lipinski definition) is 1.